The quantitative estimate of drug-likeness (QED) is 0.756. The molecule has 3 heterocycles. The summed E-state index contributed by atoms with van der Waals surface area (Å²) in [5.41, 5.74) is 1.18. The summed E-state index contributed by atoms with van der Waals surface area (Å²) in [6.07, 6.45) is 3.00. The molecule has 3 rings (SSSR count). The molecule has 2 aromatic heterocycles. The average molecular weight is 232 g/mol. The van der Waals surface area contributed by atoms with E-state index >= 15 is 0 Å². The lowest BCUT2D eigenvalue weighted by atomic mass is 10.3. The normalized spacial score (nSPS) is 13.4. The lowest BCUT2D eigenvalue weighted by Crippen LogP contribution is -2.00. The Balaban J connectivity index is 2.28. The topological polar surface area (TPSA) is 43.1 Å². The maximum Gasteiger partial charge on any atom is 0.159 e. The molecule has 1 aliphatic heterocycles. The highest BCUT2D eigenvalue weighted by Crippen LogP contribution is 2.29. The van der Waals surface area contributed by atoms with Gasteiger partial charge in [0, 0.05) is 16.7 Å². The first-order chi connectivity index (χ1) is 7.79. The van der Waals surface area contributed by atoms with Gasteiger partial charge in [0.2, 0.25) is 0 Å². The van der Waals surface area contributed by atoms with Gasteiger partial charge in [-0.25, -0.2) is 0 Å². The second kappa shape index (κ2) is 3.52. The molecule has 0 spiro atoms. The smallest absolute Gasteiger partial charge is 0.159 e. The third-order valence-corrected chi connectivity index (χ3v) is 3.98. The standard InChI is InChI=1S/C11H12N4S/c1-3-9-4-8-5-12-6-10-14-13-7(2)15(10)11(8)16-9/h4-5H,3,6H2,1-2H3. The van der Waals surface area contributed by atoms with Gasteiger partial charge in [0.05, 0.1) is 6.54 Å². The Morgan fingerprint density at radius 1 is 1.44 bits per heavy atom. The lowest BCUT2D eigenvalue weighted by Gasteiger charge is -2.03. The predicted molar refractivity (Wildman–Crippen MR) is 64.6 cm³/mol. The van der Waals surface area contributed by atoms with E-state index in [0.717, 1.165) is 18.1 Å². The van der Waals surface area contributed by atoms with Gasteiger partial charge in [-0.2, -0.15) is 0 Å². The summed E-state index contributed by atoms with van der Waals surface area (Å²) in [5.74, 6) is 1.86. The first-order valence-electron chi connectivity index (χ1n) is 5.33. The Labute approximate surface area is 97.7 Å². The number of aromatic nitrogens is 3. The van der Waals surface area contributed by atoms with Crippen molar-refractivity contribution in [1.29, 1.82) is 0 Å². The van der Waals surface area contributed by atoms with Crippen LogP contribution in [0.5, 0.6) is 0 Å². The summed E-state index contributed by atoms with van der Waals surface area (Å²) in [7, 11) is 0. The zero-order valence-corrected chi connectivity index (χ0v) is 10.1. The van der Waals surface area contributed by atoms with Crippen LogP contribution >= 0.6 is 11.3 Å². The minimum absolute atomic E-state index is 0.615. The molecule has 0 fully saturated rings. The van der Waals surface area contributed by atoms with Crippen molar-refractivity contribution in [1.82, 2.24) is 14.8 Å². The molecule has 0 N–H and O–H groups in total. The summed E-state index contributed by atoms with van der Waals surface area (Å²) in [4.78, 5) is 5.75. The van der Waals surface area contributed by atoms with Crippen molar-refractivity contribution in [2.24, 2.45) is 4.99 Å². The van der Waals surface area contributed by atoms with Crippen LogP contribution in [0.4, 0.5) is 0 Å². The number of thiophene rings is 1. The Morgan fingerprint density at radius 2 is 2.31 bits per heavy atom. The molecule has 0 atom stereocenters. The van der Waals surface area contributed by atoms with Gasteiger partial charge in [-0.15, -0.1) is 21.5 Å². The van der Waals surface area contributed by atoms with Crippen molar-refractivity contribution in [2.75, 3.05) is 0 Å². The van der Waals surface area contributed by atoms with E-state index in [1.165, 1.54) is 15.4 Å². The summed E-state index contributed by atoms with van der Waals surface area (Å²) in [6.45, 7) is 4.77. The number of fused-ring (bicyclic) bond motifs is 3. The molecule has 0 saturated heterocycles. The molecule has 1 aliphatic rings. The van der Waals surface area contributed by atoms with E-state index in [2.05, 4.69) is 32.7 Å². The van der Waals surface area contributed by atoms with Crippen LogP contribution < -0.4 is 0 Å². The molecule has 0 saturated carbocycles. The van der Waals surface area contributed by atoms with Gasteiger partial charge < -0.3 is 0 Å². The van der Waals surface area contributed by atoms with Crippen molar-refractivity contribution in [3.8, 4) is 5.00 Å². The second-order valence-electron chi connectivity index (χ2n) is 3.80. The van der Waals surface area contributed by atoms with Crippen LogP contribution in [0.1, 0.15) is 29.0 Å². The summed E-state index contributed by atoms with van der Waals surface area (Å²) in [6, 6.07) is 2.21. The molecule has 0 radical (unpaired) electrons. The van der Waals surface area contributed by atoms with E-state index in [0.29, 0.717) is 6.54 Å². The van der Waals surface area contributed by atoms with E-state index in [4.69, 9.17) is 0 Å². The molecule has 0 amide bonds. The SMILES string of the molecule is CCc1cc2c(s1)-n1c(C)nnc1CN=C2. The summed E-state index contributed by atoms with van der Waals surface area (Å²) >= 11 is 1.80. The predicted octanol–water partition coefficient (Wildman–Crippen LogP) is 2.13. The fourth-order valence-electron chi connectivity index (χ4n) is 1.89. The molecule has 16 heavy (non-hydrogen) atoms. The van der Waals surface area contributed by atoms with Crippen LogP contribution in [0.2, 0.25) is 0 Å². The number of hydrogen-bond donors (Lipinski definition) is 0. The fourth-order valence-corrected chi connectivity index (χ4v) is 3.02. The minimum atomic E-state index is 0.615. The summed E-state index contributed by atoms with van der Waals surface area (Å²) in [5, 5.41) is 9.48. The third kappa shape index (κ3) is 1.31. The largest absolute Gasteiger partial charge is 0.284 e. The molecule has 0 aromatic carbocycles. The number of hydrogen-bond acceptors (Lipinski definition) is 4. The van der Waals surface area contributed by atoms with E-state index in [1.807, 2.05) is 13.1 Å². The average Bonchev–Trinajstić information content (AvgIpc) is 2.79. The van der Waals surface area contributed by atoms with Crippen LogP contribution in [-0.2, 0) is 13.0 Å². The fraction of sp³-hybridized carbons (Fsp3) is 0.364. The van der Waals surface area contributed by atoms with Gasteiger partial charge in [-0.3, -0.25) is 9.56 Å². The Kier molecular flexibility index (Phi) is 2.14. The molecule has 2 aromatic rings. The van der Waals surface area contributed by atoms with Crippen LogP contribution in [-0.4, -0.2) is 21.0 Å². The zero-order chi connectivity index (χ0) is 11.1. The van der Waals surface area contributed by atoms with Crippen LogP contribution in [0, 0.1) is 6.92 Å². The molecule has 0 unspecified atom stereocenters. The molecule has 5 heteroatoms. The Morgan fingerprint density at radius 3 is 3.12 bits per heavy atom. The van der Waals surface area contributed by atoms with Gasteiger partial charge in [-0.1, -0.05) is 6.92 Å². The Bertz CT molecular complexity index is 565. The zero-order valence-electron chi connectivity index (χ0n) is 9.27. The van der Waals surface area contributed by atoms with Crippen LogP contribution in [0.25, 0.3) is 5.00 Å². The Hall–Kier alpha value is -1.49. The highest BCUT2D eigenvalue weighted by atomic mass is 32.1. The maximum absolute atomic E-state index is 4.37. The van der Waals surface area contributed by atoms with Crippen molar-refractivity contribution in [3.05, 3.63) is 28.2 Å². The van der Waals surface area contributed by atoms with E-state index in [1.54, 1.807) is 11.3 Å². The van der Waals surface area contributed by atoms with Gasteiger partial charge >= 0.3 is 0 Å². The van der Waals surface area contributed by atoms with Gasteiger partial charge in [0.15, 0.2) is 5.82 Å². The monoisotopic (exact) mass is 232 g/mol. The minimum Gasteiger partial charge on any atom is -0.284 e. The van der Waals surface area contributed by atoms with Gasteiger partial charge in [0.25, 0.3) is 0 Å². The van der Waals surface area contributed by atoms with Crippen molar-refractivity contribution in [2.45, 2.75) is 26.8 Å². The second-order valence-corrected chi connectivity index (χ2v) is 4.91. The van der Waals surface area contributed by atoms with Gasteiger partial charge in [0.1, 0.15) is 10.8 Å². The van der Waals surface area contributed by atoms with Crippen molar-refractivity contribution in [3.63, 3.8) is 0 Å². The van der Waals surface area contributed by atoms with Crippen LogP contribution in [0.15, 0.2) is 11.1 Å². The highest BCUT2D eigenvalue weighted by Gasteiger charge is 2.18. The number of aliphatic imine (C=N–C) groups is 1. The first-order valence-corrected chi connectivity index (χ1v) is 6.15. The molecular weight excluding hydrogens is 220 g/mol. The van der Waals surface area contributed by atoms with E-state index in [-0.39, 0.29) is 0 Å². The third-order valence-electron chi connectivity index (χ3n) is 2.70. The molecular formula is C11H12N4S. The van der Waals surface area contributed by atoms with E-state index in [9.17, 15) is 0 Å². The molecule has 82 valence electrons. The summed E-state index contributed by atoms with van der Waals surface area (Å²) < 4.78 is 2.12. The molecule has 0 aliphatic carbocycles. The van der Waals surface area contributed by atoms with Crippen LogP contribution in [0.3, 0.4) is 0 Å². The number of nitrogens with zero attached hydrogens (tertiary/aromatic N) is 4. The lowest BCUT2D eigenvalue weighted by molar-refractivity contribution is 0.871. The number of aryl methyl sites for hydroxylation is 2. The molecule has 0 bridgehead atoms. The molecule has 4 nitrogen and oxygen atoms in total. The maximum atomic E-state index is 4.37. The van der Waals surface area contributed by atoms with Crippen molar-refractivity contribution >= 4 is 17.6 Å². The highest BCUT2D eigenvalue weighted by molar-refractivity contribution is 7.14. The first kappa shape index (κ1) is 9.72. The van der Waals surface area contributed by atoms with E-state index < -0.39 is 0 Å². The number of rotatable bonds is 1. The van der Waals surface area contributed by atoms with Gasteiger partial charge in [-0.05, 0) is 19.4 Å². The van der Waals surface area contributed by atoms with Crippen molar-refractivity contribution < 1.29 is 0 Å².